The number of amides is 2. The van der Waals surface area contributed by atoms with E-state index in [4.69, 9.17) is 0 Å². The largest absolute Gasteiger partial charge is 0.352 e. The smallest absolute Gasteiger partial charge is 0.244 e. The molecule has 11 heteroatoms. The second-order valence-electron chi connectivity index (χ2n) is 9.28. The molecular weight excluding hydrogens is 507 g/mol. The van der Waals surface area contributed by atoms with Crippen LogP contribution in [-0.2, 0) is 26.2 Å². The zero-order chi connectivity index (χ0) is 27.2. The molecule has 1 saturated carbocycles. The monoisotopic (exact) mass is 539 g/mol. The predicted molar refractivity (Wildman–Crippen MR) is 135 cm³/mol. The molecule has 0 aliphatic heterocycles. The molecular formula is C26H32F3N3O4S. The lowest BCUT2D eigenvalue weighted by atomic mass is 9.95. The number of sulfonamides is 1. The molecule has 1 fully saturated rings. The number of nitrogens with one attached hydrogen (secondary N) is 1. The number of nitrogens with zero attached hydrogens (tertiary/aromatic N) is 2. The molecule has 0 heterocycles. The van der Waals surface area contributed by atoms with Crippen molar-refractivity contribution < 1.29 is 31.2 Å². The first kappa shape index (κ1) is 28.5. The Bertz CT molecular complexity index is 1200. The van der Waals surface area contributed by atoms with Gasteiger partial charge in [0.25, 0.3) is 0 Å². The summed E-state index contributed by atoms with van der Waals surface area (Å²) in [6, 6.07) is 7.01. The summed E-state index contributed by atoms with van der Waals surface area (Å²) in [5.74, 6) is -3.97. The molecule has 0 unspecified atom stereocenters. The number of benzene rings is 2. The Morgan fingerprint density at radius 3 is 2.22 bits per heavy atom. The van der Waals surface area contributed by atoms with E-state index in [1.54, 1.807) is 6.92 Å². The summed E-state index contributed by atoms with van der Waals surface area (Å²) in [7, 11) is -4.08. The van der Waals surface area contributed by atoms with Crippen LogP contribution in [0.1, 0.15) is 51.0 Å². The maximum atomic E-state index is 13.9. The van der Waals surface area contributed by atoms with Gasteiger partial charge in [-0.15, -0.1) is 0 Å². The molecule has 2 aromatic carbocycles. The maximum absolute atomic E-state index is 13.9. The molecule has 0 saturated heterocycles. The van der Waals surface area contributed by atoms with Gasteiger partial charge < -0.3 is 10.2 Å². The molecule has 2 aromatic rings. The minimum atomic E-state index is -4.08. The summed E-state index contributed by atoms with van der Waals surface area (Å²) in [6.45, 7) is 0.920. The maximum Gasteiger partial charge on any atom is 0.244 e. The van der Waals surface area contributed by atoms with Gasteiger partial charge >= 0.3 is 0 Å². The van der Waals surface area contributed by atoms with Crippen molar-refractivity contribution in [1.29, 1.82) is 0 Å². The first-order chi connectivity index (χ1) is 17.5. The molecule has 1 N–H and O–H groups in total. The van der Waals surface area contributed by atoms with Crippen molar-refractivity contribution in [2.24, 2.45) is 0 Å². The Hall–Kier alpha value is -3.08. The summed E-state index contributed by atoms with van der Waals surface area (Å²) in [5.41, 5.74) is 0.314. The zero-order valence-corrected chi connectivity index (χ0v) is 21.7. The minimum absolute atomic E-state index is 0.00668. The number of anilines is 1. The molecule has 1 aliphatic rings. The lowest BCUT2D eigenvalue weighted by Crippen LogP contribution is -2.53. The molecule has 7 nitrogen and oxygen atoms in total. The van der Waals surface area contributed by atoms with Crippen molar-refractivity contribution >= 4 is 27.5 Å². The normalized spacial score (nSPS) is 15.2. The lowest BCUT2D eigenvalue weighted by Gasteiger charge is -2.34. The Morgan fingerprint density at radius 1 is 1.00 bits per heavy atom. The van der Waals surface area contributed by atoms with Crippen LogP contribution < -0.4 is 9.62 Å². The van der Waals surface area contributed by atoms with Gasteiger partial charge in [0, 0.05) is 18.7 Å². The van der Waals surface area contributed by atoms with Crippen LogP contribution in [0, 0.1) is 17.5 Å². The van der Waals surface area contributed by atoms with Gasteiger partial charge in [-0.3, -0.25) is 13.9 Å². The fourth-order valence-electron chi connectivity index (χ4n) is 4.50. The van der Waals surface area contributed by atoms with E-state index in [0.717, 1.165) is 50.5 Å². The highest BCUT2D eigenvalue weighted by Crippen LogP contribution is 2.23. The highest BCUT2D eigenvalue weighted by Gasteiger charge is 2.33. The van der Waals surface area contributed by atoms with Gasteiger partial charge in [0.15, 0.2) is 11.6 Å². The van der Waals surface area contributed by atoms with E-state index < -0.39 is 46.0 Å². The number of rotatable bonds is 10. The van der Waals surface area contributed by atoms with Crippen molar-refractivity contribution in [3.05, 3.63) is 65.5 Å². The molecule has 202 valence electrons. The third-order valence-corrected chi connectivity index (χ3v) is 7.61. The molecule has 1 aliphatic carbocycles. The second-order valence-corrected chi connectivity index (χ2v) is 11.2. The van der Waals surface area contributed by atoms with E-state index in [2.05, 4.69) is 5.32 Å². The van der Waals surface area contributed by atoms with E-state index in [-0.39, 0.29) is 30.6 Å². The summed E-state index contributed by atoms with van der Waals surface area (Å²) in [5, 5.41) is 3.01. The summed E-state index contributed by atoms with van der Waals surface area (Å²) < 4.78 is 66.6. The second kappa shape index (κ2) is 12.4. The van der Waals surface area contributed by atoms with Crippen LogP contribution in [-0.4, -0.2) is 50.0 Å². The Labute approximate surface area is 215 Å². The molecule has 0 spiro atoms. The molecule has 3 rings (SSSR count). The average molecular weight is 540 g/mol. The van der Waals surface area contributed by atoms with Crippen molar-refractivity contribution in [3.63, 3.8) is 0 Å². The molecule has 1 atom stereocenters. The van der Waals surface area contributed by atoms with Gasteiger partial charge in [0.05, 0.1) is 11.9 Å². The van der Waals surface area contributed by atoms with Gasteiger partial charge in [-0.05, 0) is 49.1 Å². The summed E-state index contributed by atoms with van der Waals surface area (Å²) in [4.78, 5) is 28.1. The van der Waals surface area contributed by atoms with E-state index in [1.807, 2.05) is 0 Å². The van der Waals surface area contributed by atoms with E-state index in [1.165, 1.54) is 29.2 Å². The minimum Gasteiger partial charge on any atom is -0.352 e. The van der Waals surface area contributed by atoms with Crippen LogP contribution in [0.4, 0.5) is 18.9 Å². The van der Waals surface area contributed by atoms with Crippen LogP contribution >= 0.6 is 0 Å². The number of carbonyl (C=O) groups is 2. The van der Waals surface area contributed by atoms with Crippen molar-refractivity contribution in [3.8, 4) is 0 Å². The molecule has 0 radical (unpaired) electrons. The highest BCUT2D eigenvalue weighted by molar-refractivity contribution is 7.92. The van der Waals surface area contributed by atoms with Crippen LogP contribution in [0.15, 0.2) is 42.5 Å². The SMILES string of the molecule is CC[C@H](C(=O)NC1CCCCC1)N(Cc1ccc(F)cc1)C(=O)CN(c1ccc(F)c(F)c1)S(C)(=O)=O. The highest BCUT2D eigenvalue weighted by atomic mass is 32.2. The molecule has 0 aromatic heterocycles. The van der Waals surface area contributed by atoms with E-state index in [0.29, 0.717) is 15.9 Å². The third kappa shape index (κ3) is 7.70. The molecule has 37 heavy (non-hydrogen) atoms. The Balaban J connectivity index is 1.92. The number of carbonyl (C=O) groups excluding carboxylic acids is 2. The van der Waals surface area contributed by atoms with Gasteiger partial charge in [-0.2, -0.15) is 0 Å². The lowest BCUT2D eigenvalue weighted by molar-refractivity contribution is -0.140. The van der Waals surface area contributed by atoms with Gasteiger partial charge in [-0.1, -0.05) is 38.3 Å². The standard InChI is InChI=1S/C26H32F3N3O4S/c1-3-24(26(34)30-20-7-5-4-6-8-20)31(16-18-9-11-19(27)12-10-18)25(33)17-32(37(2,35)36)21-13-14-22(28)23(29)15-21/h9-15,20,24H,3-8,16-17H2,1-2H3,(H,30,34)/t24-/m1/s1. The number of halogens is 3. The fourth-order valence-corrected chi connectivity index (χ4v) is 5.35. The average Bonchev–Trinajstić information content (AvgIpc) is 2.85. The van der Waals surface area contributed by atoms with Crippen LogP contribution in [0.2, 0.25) is 0 Å². The topological polar surface area (TPSA) is 86.8 Å². The van der Waals surface area contributed by atoms with Crippen LogP contribution in [0.5, 0.6) is 0 Å². The molecule has 0 bridgehead atoms. The van der Waals surface area contributed by atoms with E-state index in [9.17, 15) is 31.2 Å². The third-order valence-electron chi connectivity index (χ3n) is 6.47. The van der Waals surface area contributed by atoms with E-state index >= 15 is 0 Å². The Morgan fingerprint density at radius 2 is 1.65 bits per heavy atom. The van der Waals surface area contributed by atoms with Gasteiger partial charge in [0.2, 0.25) is 21.8 Å². The van der Waals surface area contributed by atoms with Gasteiger partial charge in [-0.25, -0.2) is 21.6 Å². The zero-order valence-electron chi connectivity index (χ0n) is 20.9. The van der Waals surface area contributed by atoms with Crippen molar-refractivity contribution in [2.45, 2.75) is 64.1 Å². The van der Waals surface area contributed by atoms with Crippen molar-refractivity contribution in [2.75, 3.05) is 17.1 Å². The predicted octanol–water partition coefficient (Wildman–Crippen LogP) is 4.13. The van der Waals surface area contributed by atoms with Crippen molar-refractivity contribution in [1.82, 2.24) is 10.2 Å². The summed E-state index contributed by atoms with van der Waals surface area (Å²) >= 11 is 0. The molecule has 2 amide bonds. The Kier molecular flexibility index (Phi) is 9.58. The quantitative estimate of drug-likeness (QED) is 0.492. The number of hydrogen-bond donors (Lipinski definition) is 1. The summed E-state index contributed by atoms with van der Waals surface area (Å²) in [6.07, 6.45) is 5.87. The number of hydrogen-bond acceptors (Lipinski definition) is 4. The van der Waals surface area contributed by atoms with Crippen LogP contribution in [0.3, 0.4) is 0 Å². The first-order valence-corrected chi connectivity index (χ1v) is 14.1. The van der Waals surface area contributed by atoms with Crippen LogP contribution in [0.25, 0.3) is 0 Å². The fraction of sp³-hybridized carbons (Fsp3) is 0.462. The van der Waals surface area contributed by atoms with Gasteiger partial charge in [0.1, 0.15) is 18.4 Å². The first-order valence-electron chi connectivity index (χ1n) is 12.3.